The summed E-state index contributed by atoms with van der Waals surface area (Å²) in [6.07, 6.45) is 1.29. The molecule has 1 aromatic rings. The van der Waals surface area contributed by atoms with E-state index in [2.05, 4.69) is 32.2 Å². The first-order valence-corrected chi connectivity index (χ1v) is 5.58. The van der Waals surface area contributed by atoms with Gasteiger partial charge in [0, 0.05) is 18.3 Å². The molecule has 2 nitrogen and oxygen atoms in total. The summed E-state index contributed by atoms with van der Waals surface area (Å²) < 4.78 is 0. The number of nitrogen functional groups attached to an aromatic ring is 1. The Bertz CT molecular complexity index is 369. The molecule has 82 valence electrons. The van der Waals surface area contributed by atoms with Crippen LogP contribution in [0, 0.1) is 12.3 Å². The van der Waals surface area contributed by atoms with Gasteiger partial charge in [0.1, 0.15) is 0 Å². The van der Waals surface area contributed by atoms with E-state index in [-0.39, 0.29) is 0 Å². The van der Waals surface area contributed by atoms with Crippen LogP contribution >= 0.6 is 0 Å². The number of rotatable bonds is 3. The fourth-order valence-electron chi connectivity index (χ4n) is 1.94. The molecule has 0 heterocycles. The molecule has 15 heavy (non-hydrogen) atoms. The molecule has 0 aromatic heterocycles. The van der Waals surface area contributed by atoms with Gasteiger partial charge in [0.2, 0.25) is 0 Å². The monoisotopic (exact) mass is 204 g/mol. The van der Waals surface area contributed by atoms with E-state index < -0.39 is 0 Å². The number of nitrogens with one attached hydrogen (secondary N) is 1. The fraction of sp³-hybridized carbons (Fsp3) is 0.538. The van der Waals surface area contributed by atoms with Crippen LogP contribution in [0.2, 0.25) is 0 Å². The van der Waals surface area contributed by atoms with Crippen molar-refractivity contribution in [2.45, 2.75) is 39.8 Å². The van der Waals surface area contributed by atoms with E-state index in [1.807, 2.05) is 12.1 Å². The molecule has 0 spiro atoms. The van der Waals surface area contributed by atoms with Gasteiger partial charge in [0.15, 0.2) is 0 Å². The molecule has 0 amide bonds. The third kappa shape index (κ3) is 2.15. The van der Waals surface area contributed by atoms with Crippen molar-refractivity contribution < 1.29 is 0 Å². The zero-order valence-electron chi connectivity index (χ0n) is 9.80. The summed E-state index contributed by atoms with van der Waals surface area (Å²) in [6.45, 7) is 7.63. The molecule has 0 bridgehead atoms. The lowest BCUT2D eigenvalue weighted by Gasteiger charge is -2.10. The van der Waals surface area contributed by atoms with Crippen molar-refractivity contribution in [3.05, 3.63) is 29.3 Å². The second-order valence-corrected chi connectivity index (χ2v) is 5.26. The highest BCUT2D eigenvalue weighted by Crippen LogP contribution is 2.44. The van der Waals surface area contributed by atoms with Gasteiger partial charge >= 0.3 is 0 Å². The highest BCUT2D eigenvalue weighted by Gasteiger charge is 2.44. The Morgan fingerprint density at radius 2 is 2.13 bits per heavy atom. The molecule has 1 unspecified atom stereocenters. The van der Waals surface area contributed by atoms with Gasteiger partial charge in [-0.2, -0.15) is 0 Å². The van der Waals surface area contributed by atoms with Crippen LogP contribution in [0.1, 0.15) is 31.4 Å². The molecule has 1 aliphatic carbocycles. The summed E-state index contributed by atoms with van der Waals surface area (Å²) in [5, 5.41) is 3.58. The number of benzene rings is 1. The molecule has 1 aliphatic rings. The van der Waals surface area contributed by atoms with Gasteiger partial charge < -0.3 is 11.1 Å². The van der Waals surface area contributed by atoms with Crippen LogP contribution in [-0.4, -0.2) is 6.04 Å². The van der Waals surface area contributed by atoms with Gasteiger partial charge in [-0.05, 0) is 36.0 Å². The molecule has 0 radical (unpaired) electrons. The predicted octanol–water partition coefficient (Wildman–Crippen LogP) is 2.47. The summed E-state index contributed by atoms with van der Waals surface area (Å²) >= 11 is 0. The second-order valence-electron chi connectivity index (χ2n) is 5.26. The van der Waals surface area contributed by atoms with Crippen LogP contribution in [0.5, 0.6) is 0 Å². The predicted molar refractivity (Wildman–Crippen MR) is 64.6 cm³/mol. The van der Waals surface area contributed by atoms with E-state index in [4.69, 9.17) is 5.73 Å². The van der Waals surface area contributed by atoms with Crippen LogP contribution in [-0.2, 0) is 6.54 Å². The SMILES string of the molecule is Cc1c(N)cccc1CNC1CC1(C)C. The minimum atomic E-state index is 0.494. The average Bonchev–Trinajstić information content (AvgIpc) is 2.77. The van der Waals surface area contributed by atoms with E-state index >= 15 is 0 Å². The number of hydrogen-bond acceptors (Lipinski definition) is 2. The molecular weight excluding hydrogens is 184 g/mol. The second kappa shape index (κ2) is 3.53. The van der Waals surface area contributed by atoms with Crippen molar-refractivity contribution in [2.75, 3.05) is 5.73 Å². The molecule has 2 rings (SSSR count). The van der Waals surface area contributed by atoms with Crippen molar-refractivity contribution in [3.8, 4) is 0 Å². The van der Waals surface area contributed by atoms with Gasteiger partial charge in [-0.3, -0.25) is 0 Å². The van der Waals surface area contributed by atoms with Gasteiger partial charge in [-0.25, -0.2) is 0 Å². The Morgan fingerprint density at radius 3 is 2.73 bits per heavy atom. The van der Waals surface area contributed by atoms with E-state index in [1.165, 1.54) is 17.5 Å². The zero-order chi connectivity index (χ0) is 11.1. The maximum atomic E-state index is 5.87. The largest absolute Gasteiger partial charge is 0.399 e. The Morgan fingerprint density at radius 1 is 1.47 bits per heavy atom. The van der Waals surface area contributed by atoms with Crippen LogP contribution in [0.3, 0.4) is 0 Å². The Kier molecular flexibility index (Phi) is 2.47. The molecule has 1 fully saturated rings. The summed E-state index contributed by atoms with van der Waals surface area (Å²) in [6, 6.07) is 6.81. The van der Waals surface area contributed by atoms with E-state index in [9.17, 15) is 0 Å². The van der Waals surface area contributed by atoms with E-state index in [0.717, 1.165) is 12.2 Å². The fourth-order valence-corrected chi connectivity index (χ4v) is 1.94. The summed E-state index contributed by atoms with van der Waals surface area (Å²) in [7, 11) is 0. The van der Waals surface area contributed by atoms with Crippen molar-refractivity contribution in [2.24, 2.45) is 5.41 Å². The standard InChI is InChI=1S/C13H20N2/c1-9-10(5-4-6-11(9)14)8-15-12-7-13(12,2)3/h4-6,12,15H,7-8,14H2,1-3H3. The quantitative estimate of drug-likeness (QED) is 0.742. The first kappa shape index (κ1) is 10.5. The van der Waals surface area contributed by atoms with Gasteiger partial charge in [0.25, 0.3) is 0 Å². The molecule has 1 aromatic carbocycles. The summed E-state index contributed by atoms with van der Waals surface area (Å²) in [5.41, 5.74) is 9.78. The average molecular weight is 204 g/mol. The van der Waals surface area contributed by atoms with Gasteiger partial charge in [-0.1, -0.05) is 26.0 Å². The maximum absolute atomic E-state index is 5.87. The third-order valence-electron chi connectivity index (χ3n) is 3.54. The lowest BCUT2D eigenvalue weighted by atomic mass is 10.1. The highest BCUT2D eigenvalue weighted by molar-refractivity contribution is 5.49. The van der Waals surface area contributed by atoms with Crippen molar-refractivity contribution in [3.63, 3.8) is 0 Å². The smallest absolute Gasteiger partial charge is 0.0346 e. The minimum Gasteiger partial charge on any atom is -0.399 e. The zero-order valence-corrected chi connectivity index (χ0v) is 9.80. The third-order valence-corrected chi connectivity index (χ3v) is 3.54. The topological polar surface area (TPSA) is 38.0 Å². The summed E-state index contributed by atoms with van der Waals surface area (Å²) in [5.74, 6) is 0. The molecule has 0 saturated heterocycles. The number of anilines is 1. The molecular formula is C13H20N2. The van der Waals surface area contributed by atoms with Crippen molar-refractivity contribution in [1.82, 2.24) is 5.32 Å². The molecule has 1 atom stereocenters. The van der Waals surface area contributed by atoms with Crippen LogP contribution < -0.4 is 11.1 Å². The summed E-state index contributed by atoms with van der Waals surface area (Å²) in [4.78, 5) is 0. The normalized spacial score (nSPS) is 22.7. The van der Waals surface area contributed by atoms with Crippen molar-refractivity contribution in [1.29, 1.82) is 0 Å². The first-order chi connectivity index (χ1) is 7.00. The Labute approximate surface area is 91.9 Å². The van der Waals surface area contributed by atoms with Gasteiger partial charge in [0.05, 0.1) is 0 Å². The minimum absolute atomic E-state index is 0.494. The maximum Gasteiger partial charge on any atom is 0.0346 e. The van der Waals surface area contributed by atoms with Crippen molar-refractivity contribution >= 4 is 5.69 Å². The molecule has 2 heteroatoms. The number of nitrogens with two attached hydrogens (primary N) is 1. The Hall–Kier alpha value is -1.02. The number of hydrogen-bond donors (Lipinski definition) is 2. The van der Waals surface area contributed by atoms with E-state index in [1.54, 1.807) is 0 Å². The van der Waals surface area contributed by atoms with Crippen LogP contribution in [0.25, 0.3) is 0 Å². The molecule has 0 aliphatic heterocycles. The first-order valence-electron chi connectivity index (χ1n) is 5.58. The molecule has 1 saturated carbocycles. The van der Waals surface area contributed by atoms with E-state index in [0.29, 0.717) is 11.5 Å². The molecule has 3 N–H and O–H groups in total. The van der Waals surface area contributed by atoms with Gasteiger partial charge in [-0.15, -0.1) is 0 Å². The Balaban J connectivity index is 1.97. The lowest BCUT2D eigenvalue weighted by molar-refractivity contribution is 0.541. The van der Waals surface area contributed by atoms with Crippen LogP contribution in [0.15, 0.2) is 18.2 Å². The highest BCUT2D eigenvalue weighted by atomic mass is 15.0. The van der Waals surface area contributed by atoms with Crippen LogP contribution in [0.4, 0.5) is 5.69 Å². The lowest BCUT2D eigenvalue weighted by Crippen LogP contribution is -2.20.